The summed E-state index contributed by atoms with van der Waals surface area (Å²) in [4.78, 5) is 188. The molecule has 0 bridgehead atoms. The number of hydrogen-bond acceptors (Lipinski definition) is 22. The zero-order valence-corrected chi connectivity index (χ0v) is 87.5. The molecule has 762 valence electrons. The minimum Gasteiger partial charge on any atom is -0.444 e. The number of nitrogens with zero attached hydrogens (tertiary/aromatic N) is 11. The average molecular weight is 2050 g/mol. The van der Waals surface area contributed by atoms with Crippen molar-refractivity contribution in [2.75, 3.05) is 65.6 Å². The van der Waals surface area contributed by atoms with Gasteiger partial charge in [-0.1, -0.05) is 68.4 Å². The molecule has 0 aliphatic carbocycles. The van der Waals surface area contributed by atoms with E-state index in [0.29, 0.717) is 101 Å². The first-order valence-electron chi connectivity index (χ1n) is 48.3. The lowest BCUT2D eigenvalue weighted by atomic mass is 9.75. The zero-order valence-electron chi connectivity index (χ0n) is 84.7. The van der Waals surface area contributed by atoms with Gasteiger partial charge in [-0.3, -0.25) is 96.2 Å². The summed E-state index contributed by atoms with van der Waals surface area (Å²) in [5.74, 6) is -2.30. The molecule has 10 aliphatic heterocycles. The number of carbonyl (C=O) groups excluding carboxylic acids is 11. The minimum absolute atomic E-state index is 0. The Hall–Kier alpha value is -11.1. The number of halogens is 2. The van der Waals surface area contributed by atoms with Crippen LogP contribution in [-0.2, 0) is 94.8 Å². The molecule has 4 aromatic heterocycles. The van der Waals surface area contributed by atoms with E-state index >= 15 is 0 Å². The predicted molar refractivity (Wildman–Crippen MR) is 543 cm³/mol. The fourth-order valence-electron chi connectivity index (χ4n) is 18.7. The van der Waals surface area contributed by atoms with Gasteiger partial charge in [-0.25, -0.2) is 33.6 Å². The Morgan fingerprint density at radius 1 is 0.436 bits per heavy atom. The topological polar surface area (TPSA) is 421 Å². The molecular weight excluding hydrogens is 1910 g/mol. The van der Waals surface area contributed by atoms with E-state index in [1.54, 1.807) is 74.1 Å². The van der Waals surface area contributed by atoms with E-state index in [-0.39, 0.29) is 137 Å². The van der Waals surface area contributed by atoms with Gasteiger partial charge in [0.1, 0.15) is 41.0 Å². The first-order chi connectivity index (χ1) is 65.5. The van der Waals surface area contributed by atoms with Gasteiger partial charge in [-0.05, 0) is 260 Å². The molecule has 0 spiro atoms. The summed E-state index contributed by atoms with van der Waals surface area (Å²) in [6, 6.07) is 20.1. The molecule has 140 heavy (non-hydrogen) atoms. The van der Waals surface area contributed by atoms with Crippen molar-refractivity contribution in [2.45, 2.75) is 271 Å². The number of ether oxygens (including phenoxy) is 4. The van der Waals surface area contributed by atoms with Crippen LogP contribution in [0.5, 0.6) is 0 Å². The van der Waals surface area contributed by atoms with Crippen molar-refractivity contribution in [1.82, 2.24) is 77.8 Å². The number of aromatic nitrogens is 8. The molecule has 5 unspecified atom stereocenters. The molecule has 14 heterocycles. The van der Waals surface area contributed by atoms with Crippen LogP contribution in [0.3, 0.4) is 0 Å². The van der Waals surface area contributed by atoms with Crippen molar-refractivity contribution >= 4 is 161 Å². The highest BCUT2D eigenvalue weighted by atomic mass is 79.9. The van der Waals surface area contributed by atoms with Gasteiger partial charge < -0.3 is 48.3 Å². The van der Waals surface area contributed by atoms with Gasteiger partial charge in [0.25, 0.3) is 0 Å². The predicted octanol–water partition coefficient (Wildman–Crippen LogP) is 12.1. The Labute approximate surface area is 833 Å². The van der Waals surface area contributed by atoms with Gasteiger partial charge in [0.05, 0.1) is 55.3 Å². The molecule has 8 aromatic rings. The van der Waals surface area contributed by atoms with E-state index in [1.165, 1.54) is 36.7 Å². The van der Waals surface area contributed by atoms with Crippen LogP contribution in [0.1, 0.15) is 261 Å². The summed E-state index contributed by atoms with van der Waals surface area (Å²) >= 11 is 3.42. The van der Waals surface area contributed by atoms with E-state index in [9.17, 15) is 71.9 Å². The van der Waals surface area contributed by atoms with Gasteiger partial charge in [0.15, 0.2) is 0 Å². The number of aryl methyl sites for hydroxylation is 4. The van der Waals surface area contributed by atoms with Crippen LogP contribution in [0.25, 0.3) is 49.7 Å². The monoisotopic (exact) mass is 2040 g/mol. The highest BCUT2D eigenvalue weighted by Crippen LogP contribution is 2.42. The number of fused-ring (bicyclic) bond motifs is 4. The number of hydrogen-bond donors (Lipinski definition) is 5. The Morgan fingerprint density at radius 3 is 1.11 bits per heavy atom. The second kappa shape index (κ2) is 46.3. The maximum atomic E-state index is 13.1. The SMILES string of the molecule is C1CCOC1.CC(C)(C)OC(=O)N1CC=C(B2OC(C)(C)C(C)(C)O2)CC1.Cl.Cn1c(=O)n(C2CCC(=O)NC2=O)c2cccc(Br)c21.Cn1c(=O)n(C2CCC(=O)NC2=O)c2cccc(C3=CCN(C(=O)OC(C)(C)C)CC3)c21.Cn1c(=O)n(C2CCC(=O)NC2=O)c2cccc(C3CCN(C(=O)OC(C)(C)C)CC3)c21.Cn1c(=O)n(C2CCC(=O)NC2=O)c2cccc(C3CCNCC3)c21.P.[2H]CC. The lowest BCUT2D eigenvalue weighted by Gasteiger charge is -2.33. The number of piperidine rings is 6. The second-order valence-electron chi connectivity index (χ2n) is 40.0. The lowest BCUT2D eigenvalue weighted by molar-refractivity contribution is -0.137. The summed E-state index contributed by atoms with van der Waals surface area (Å²) in [5.41, 5.74) is 7.99. The molecule has 11 amide bonds. The highest BCUT2D eigenvalue weighted by Gasteiger charge is 2.53. The molecule has 8 fully saturated rings. The summed E-state index contributed by atoms with van der Waals surface area (Å²) in [5, 5.41) is 12.7. The van der Waals surface area contributed by atoms with E-state index in [4.69, 9.17) is 29.6 Å². The van der Waals surface area contributed by atoms with Crippen molar-refractivity contribution in [2.24, 2.45) is 28.2 Å². The summed E-state index contributed by atoms with van der Waals surface area (Å²) in [7, 11) is 6.51. The van der Waals surface area contributed by atoms with Crippen molar-refractivity contribution in [3.05, 3.63) is 154 Å². The number of benzene rings is 4. The maximum Gasteiger partial charge on any atom is 0.490 e. The van der Waals surface area contributed by atoms with Gasteiger partial charge in [0.2, 0.25) is 47.3 Å². The fourth-order valence-corrected chi connectivity index (χ4v) is 19.4. The Morgan fingerprint density at radius 2 is 0.764 bits per heavy atom. The standard InChI is InChI=1S/C23H30N4O5.C23H28N4O5.C18H22N4O3.C16H28BNO4.C13H12BrN3O3.C4H8O.C2H6.ClH.H3P/c2*1-23(2,3)32-22(31)26-12-10-14(11-13-26)15-6-5-7-16-19(15)25(4)21(30)27(16)17-8-9-18(28)24-20(17)29;1-21-16-12(11-7-9-19-10-8-11)3-2-4-13(16)22(18(21)25)14-5-6-15(23)20-17(14)24;1-14(2,3)20-13(19)18-10-8-12(9-11-18)17-21-15(4,5)16(6,7)22-17;1-16-11-7(14)3-2-4-8(11)17(13(16)20)9-5-6-10(18)15-12(9)19;1-2-4-5-3-1;1-2;;/h5-7,14,17H,8-13H2,1-4H3,(H,24,28,29);5-7,10,17H,8-9,11-13H2,1-4H3,(H,24,28,29);2-4,11,14,19H,5-10H2,1H3,(H,20,23,24);8H,9-11H2,1-7H3;2-4,9H,5-6H2,1H3,(H,15,18,19);1-4H2;1-2H3;1H;1H3/i;;;;;;1D;;. The van der Waals surface area contributed by atoms with Crippen LogP contribution in [0.4, 0.5) is 14.4 Å². The third-order valence-electron chi connectivity index (χ3n) is 26.4. The van der Waals surface area contributed by atoms with Gasteiger partial charge >= 0.3 is 48.2 Å². The maximum absolute atomic E-state index is 13.1. The molecule has 5 N–H and O–H groups in total. The average Bonchev–Trinajstić information content (AvgIpc) is 1.61. The molecule has 0 radical (unpaired) electrons. The number of rotatable bonds is 8. The fraction of sp³-hybridized carbons (Fsp3) is 0.566. The number of likely N-dealkylation sites (tertiary alicyclic amines) is 1. The Bertz CT molecular complexity index is 6320. The second-order valence-corrected chi connectivity index (χ2v) is 40.8. The largest absolute Gasteiger partial charge is 0.490 e. The van der Waals surface area contributed by atoms with Gasteiger partial charge in [-0.2, -0.15) is 9.90 Å². The molecule has 37 nitrogen and oxygen atoms in total. The van der Waals surface area contributed by atoms with Crippen LogP contribution >= 0.6 is 38.2 Å². The number of amides is 11. The van der Waals surface area contributed by atoms with Crippen LogP contribution in [0, 0.1) is 0 Å². The van der Waals surface area contributed by atoms with E-state index in [0.717, 1.165) is 113 Å². The molecular formula is C99H138BBrClN16O21P. The molecule has 41 heteroatoms. The summed E-state index contributed by atoms with van der Waals surface area (Å²) < 4.78 is 52.7. The van der Waals surface area contributed by atoms with E-state index in [1.807, 2.05) is 163 Å². The first kappa shape index (κ1) is 109. The van der Waals surface area contributed by atoms with Gasteiger partial charge in [0, 0.05) is 118 Å². The van der Waals surface area contributed by atoms with Crippen molar-refractivity contribution in [3.8, 4) is 0 Å². The van der Waals surface area contributed by atoms with Crippen molar-refractivity contribution in [3.63, 3.8) is 0 Å². The molecule has 18 rings (SSSR count). The minimum atomic E-state index is -0.720. The van der Waals surface area contributed by atoms with E-state index < -0.39 is 64.6 Å². The number of imidazole rings is 4. The van der Waals surface area contributed by atoms with E-state index in [2.05, 4.69) is 48.6 Å². The van der Waals surface area contributed by atoms with Crippen LogP contribution in [0.2, 0.25) is 0 Å². The van der Waals surface area contributed by atoms with Crippen molar-refractivity contribution < 1.29 is 82.4 Å². The quantitative estimate of drug-likeness (QED) is 0.0408. The number of para-hydroxylation sites is 4. The molecule has 4 aromatic carbocycles. The summed E-state index contributed by atoms with van der Waals surface area (Å²) in [6.07, 6.45) is 12.8. The van der Waals surface area contributed by atoms with Gasteiger partial charge in [-0.15, -0.1) is 12.4 Å². The highest BCUT2D eigenvalue weighted by molar-refractivity contribution is 9.10. The third kappa shape index (κ3) is 25.3. The normalized spacial score (nSPS) is 20.8. The number of imide groups is 4. The van der Waals surface area contributed by atoms with Crippen molar-refractivity contribution in [1.29, 1.82) is 0 Å². The van der Waals surface area contributed by atoms with Crippen LogP contribution in [0.15, 0.2) is 114 Å². The zero-order chi connectivity index (χ0) is 101. The lowest BCUT2D eigenvalue weighted by Crippen LogP contribution is -2.44. The number of nitrogens with one attached hydrogen (secondary N) is 5. The first-order valence-corrected chi connectivity index (χ1v) is 48.4. The Kier molecular flexibility index (Phi) is 36.2. The summed E-state index contributed by atoms with van der Waals surface area (Å²) in [6.45, 7) is 34.4. The van der Waals surface area contributed by atoms with Crippen LogP contribution < -0.4 is 49.3 Å². The molecule has 5 atom stereocenters. The molecule has 10 aliphatic rings. The molecule has 8 saturated heterocycles. The molecule has 0 saturated carbocycles. The third-order valence-corrected chi connectivity index (χ3v) is 27.0. The smallest absolute Gasteiger partial charge is 0.444 e. The Balaban J connectivity index is 0.000000179. The number of carbonyl (C=O) groups is 11. The van der Waals surface area contributed by atoms with Crippen LogP contribution in [-0.4, -0.2) is 217 Å².